The summed E-state index contributed by atoms with van der Waals surface area (Å²) in [6.45, 7) is 8.22. The van der Waals surface area contributed by atoms with Crippen molar-refractivity contribution in [2.75, 3.05) is 0 Å². The second-order valence-corrected chi connectivity index (χ2v) is 10.1. The van der Waals surface area contributed by atoms with Crippen molar-refractivity contribution in [3.05, 3.63) is 11.6 Å². The van der Waals surface area contributed by atoms with Gasteiger partial charge < -0.3 is 10.2 Å². The van der Waals surface area contributed by atoms with Gasteiger partial charge in [-0.15, -0.1) is 0 Å². The summed E-state index contributed by atoms with van der Waals surface area (Å²) in [5, 5.41) is 21.5. The maximum atomic E-state index is 12.4. The Hall–Kier alpha value is -0.670. The van der Waals surface area contributed by atoms with Gasteiger partial charge in [0.15, 0.2) is 5.78 Å². The molecule has 0 bridgehead atoms. The molecule has 0 aliphatic heterocycles. The first-order valence-corrected chi connectivity index (χ1v) is 10.3. The Labute approximate surface area is 151 Å². The lowest BCUT2D eigenvalue weighted by Gasteiger charge is -2.57. The number of carbonyl (C=O) groups excluding carboxylic acids is 1. The van der Waals surface area contributed by atoms with Crippen molar-refractivity contribution < 1.29 is 15.0 Å². The average molecular weight is 347 g/mol. The molecule has 3 fully saturated rings. The van der Waals surface area contributed by atoms with Crippen LogP contribution in [0.4, 0.5) is 0 Å². The molecule has 0 aromatic rings. The number of ketones is 1. The molecule has 4 aliphatic carbocycles. The molecule has 0 aromatic carbocycles. The minimum atomic E-state index is -1.18. The lowest BCUT2D eigenvalue weighted by molar-refractivity contribution is -0.156. The van der Waals surface area contributed by atoms with Crippen molar-refractivity contribution in [3.8, 4) is 0 Å². The normalized spacial score (nSPS) is 55.0. The number of aliphatic hydroxyl groups is 2. The van der Waals surface area contributed by atoms with E-state index >= 15 is 0 Å². The molecule has 0 unspecified atom stereocenters. The van der Waals surface area contributed by atoms with Crippen LogP contribution < -0.4 is 0 Å². The minimum absolute atomic E-state index is 0.0338. The Morgan fingerprint density at radius 2 is 1.92 bits per heavy atom. The highest BCUT2D eigenvalue weighted by atomic mass is 16.3. The number of aliphatic hydroxyl groups excluding tert-OH is 1. The Balaban J connectivity index is 1.74. The second kappa shape index (κ2) is 5.42. The number of rotatable bonds is 1. The summed E-state index contributed by atoms with van der Waals surface area (Å²) in [5.41, 5.74) is 0.298. The topological polar surface area (TPSA) is 57.5 Å². The van der Waals surface area contributed by atoms with Crippen molar-refractivity contribution in [2.24, 2.45) is 34.5 Å². The molecule has 4 aliphatic rings. The van der Waals surface area contributed by atoms with Gasteiger partial charge in [0, 0.05) is 5.41 Å². The van der Waals surface area contributed by atoms with Crippen LogP contribution in [-0.2, 0) is 4.79 Å². The van der Waals surface area contributed by atoms with E-state index in [4.69, 9.17) is 0 Å². The van der Waals surface area contributed by atoms with Crippen LogP contribution in [0.5, 0.6) is 0 Å². The fourth-order valence-corrected chi connectivity index (χ4v) is 7.60. The summed E-state index contributed by atoms with van der Waals surface area (Å²) in [7, 11) is 0. The standard InChI is InChI=1S/C22H34O3/c1-13-11-19-17-6-5-15-12-16(24)7-9-20(15,3)18(17)8-10-21(19,4)22(13,25)14(2)23/h8,13,15-17,19,24-25H,5-7,9-12H2,1-4H3/t13-,15+,16-,17+,19-,20-,21-,22+/m0/s1. The lowest BCUT2D eigenvalue weighted by atomic mass is 9.48. The molecular formula is C22H34O3. The summed E-state index contributed by atoms with van der Waals surface area (Å²) in [6.07, 6.45) is 9.30. The summed E-state index contributed by atoms with van der Waals surface area (Å²) in [5.74, 6) is 1.48. The predicted molar refractivity (Wildman–Crippen MR) is 97.9 cm³/mol. The molecular weight excluding hydrogens is 312 g/mol. The molecule has 3 nitrogen and oxygen atoms in total. The fraction of sp³-hybridized carbons (Fsp3) is 0.864. The SMILES string of the molecule is CC(=O)[C@]1(O)[C@@H](C)C[C@H]2[C@@H]3CC[C@@H]4C[C@@H](O)CC[C@]4(C)C3=CC[C@@]21C. The lowest BCUT2D eigenvalue weighted by Crippen LogP contribution is -2.56. The highest BCUT2D eigenvalue weighted by Gasteiger charge is 2.66. The van der Waals surface area contributed by atoms with Gasteiger partial charge in [0.25, 0.3) is 0 Å². The fourth-order valence-electron chi connectivity index (χ4n) is 7.60. The molecule has 2 N–H and O–H groups in total. The van der Waals surface area contributed by atoms with E-state index in [0.29, 0.717) is 17.8 Å². The first kappa shape index (κ1) is 17.7. The zero-order chi connectivity index (χ0) is 18.2. The first-order chi connectivity index (χ1) is 11.6. The van der Waals surface area contributed by atoms with E-state index in [1.165, 1.54) is 6.42 Å². The average Bonchev–Trinajstić information content (AvgIpc) is 2.77. The molecule has 0 amide bonds. The van der Waals surface area contributed by atoms with Crippen LogP contribution in [0, 0.1) is 34.5 Å². The van der Waals surface area contributed by atoms with Crippen LogP contribution in [0.2, 0.25) is 0 Å². The van der Waals surface area contributed by atoms with Crippen molar-refractivity contribution >= 4 is 5.78 Å². The number of allylic oxidation sites excluding steroid dienone is 2. The van der Waals surface area contributed by atoms with Gasteiger partial charge in [-0.2, -0.15) is 0 Å². The maximum Gasteiger partial charge on any atom is 0.162 e. The van der Waals surface area contributed by atoms with E-state index in [2.05, 4.69) is 26.8 Å². The minimum Gasteiger partial charge on any atom is -0.393 e. The second-order valence-electron chi connectivity index (χ2n) is 10.1. The molecule has 0 heterocycles. The van der Waals surface area contributed by atoms with Gasteiger partial charge in [-0.25, -0.2) is 0 Å². The zero-order valence-electron chi connectivity index (χ0n) is 16.2. The van der Waals surface area contributed by atoms with Gasteiger partial charge in [0.1, 0.15) is 5.60 Å². The van der Waals surface area contributed by atoms with Crippen molar-refractivity contribution in [1.29, 1.82) is 0 Å². The van der Waals surface area contributed by atoms with Crippen molar-refractivity contribution in [3.63, 3.8) is 0 Å². The summed E-state index contributed by atoms with van der Waals surface area (Å²) in [4.78, 5) is 12.4. The first-order valence-electron chi connectivity index (χ1n) is 10.3. The number of carbonyl (C=O) groups is 1. The van der Waals surface area contributed by atoms with Crippen LogP contribution in [-0.4, -0.2) is 27.7 Å². The predicted octanol–water partition coefficient (Wildman–Crippen LogP) is 3.88. The van der Waals surface area contributed by atoms with Gasteiger partial charge in [-0.1, -0.05) is 32.4 Å². The quantitative estimate of drug-likeness (QED) is 0.709. The van der Waals surface area contributed by atoms with Gasteiger partial charge in [-0.05, 0) is 81.0 Å². The van der Waals surface area contributed by atoms with E-state index in [0.717, 1.165) is 38.5 Å². The van der Waals surface area contributed by atoms with E-state index < -0.39 is 5.60 Å². The number of fused-ring (bicyclic) bond motifs is 5. The van der Waals surface area contributed by atoms with Gasteiger partial charge in [0.05, 0.1) is 6.10 Å². The molecule has 0 aromatic heterocycles. The van der Waals surface area contributed by atoms with Gasteiger partial charge in [-0.3, -0.25) is 4.79 Å². The third-order valence-corrected chi connectivity index (χ3v) is 9.12. The van der Waals surface area contributed by atoms with E-state index in [-0.39, 0.29) is 28.6 Å². The highest BCUT2D eigenvalue weighted by molar-refractivity contribution is 5.86. The third-order valence-electron chi connectivity index (χ3n) is 9.12. The maximum absolute atomic E-state index is 12.4. The van der Waals surface area contributed by atoms with Crippen LogP contribution in [0.3, 0.4) is 0 Å². The largest absolute Gasteiger partial charge is 0.393 e. The highest BCUT2D eigenvalue weighted by Crippen LogP contribution is 2.67. The van der Waals surface area contributed by atoms with Crippen LogP contribution in [0.15, 0.2) is 11.6 Å². The molecule has 140 valence electrons. The van der Waals surface area contributed by atoms with Gasteiger partial charge in [0.2, 0.25) is 0 Å². The van der Waals surface area contributed by atoms with E-state index in [9.17, 15) is 15.0 Å². The van der Waals surface area contributed by atoms with Crippen LogP contribution in [0.25, 0.3) is 0 Å². The molecule has 4 rings (SSSR count). The molecule has 3 saturated carbocycles. The van der Waals surface area contributed by atoms with Crippen molar-refractivity contribution in [1.82, 2.24) is 0 Å². The Kier molecular flexibility index (Phi) is 3.84. The summed E-state index contributed by atoms with van der Waals surface area (Å²) in [6, 6.07) is 0. The monoisotopic (exact) mass is 346 g/mol. The number of hydrogen-bond acceptors (Lipinski definition) is 3. The Bertz CT molecular complexity index is 625. The Morgan fingerprint density at radius 1 is 1.20 bits per heavy atom. The molecule has 25 heavy (non-hydrogen) atoms. The van der Waals surface area contributed by atoms with Crippen molar-refractivity contribution in [2.45, 2.75) is 84.3 Å². The van der Waals surface area contributed by atoms with Crippen LogP contribution in [0.1, 0.15) is 72.6 Å². The van der Waals surface area contributed by atoms with E-state index in [1.807, 2.05) is 0 Å². The molecule has 0 radical (unpaired) electrons. The van der Waals surface area contributed by atoms with Crippen LogP contribution >= 0.6 is 0 Å². The molecule has 0 saturated heterocycles. The summed E-state index contributed by atoms with van der Waals surface area (Å²) >= 11 is 0. The zero-order valence-corrected chi connectivity index (χ0v) is 16.2. The van der Waals surface area contributed by atoms with Gasteiger partial charge >= 0.3 is 0 Å². The molecule has 8 atom stereocenters. The third kappa shape index (κ3) is 2.09. The Morgan fingerprint density at radius 3 is 2.60 bits per heavy atom. The number of hydrogen-bond donors (Lipinski definition) is 2. The smallest absolute Gasteiger partial charge is 0.162 e. The molecule has 0 spiro atoms. The summed E-state index contributed by atoms with van der Waals surface area (Å²) < 4.78 is 0. The van der Waals surface area contributed by atoms with E-state index in [1.54, 1.807) is 12.5 Å². The number of Topliss-reactive ketones (excluding diaryl/α,β-unsaturated/α-hetero) is 1. The molecule has 3 heteroatoms.